The van der Waals surface area contributed by atoms with Gasteiger partial charge in [-0.3, -0.25) is 9.59 Å². The van der Waals surface area contributed by atoms with Crippen molar-refractivity contribution in [3.05, 3.63) is 36.0 Å². The monoisotopic (exact) mass is 507 g/mol. The van der Waals surface area contributed by atoms with Gasteiger partial charge in [0.05, 0.1) is 24.9 Å². The van der Waals surface area contributed by atoms with Crippen molar-refractivity contribution in [2.45, 2.75) is 109 Å². The summed E-state index contributed by atoms with van der Waals surface area (Å²) < 4.78 is 22.3. The average molecular weight is 508 g/mol. The zero-order valence-corrected chi connectivity index (χ0v) is 22.1. The van der Waals surface area contributed by atoms with E-state index in [1.54, 1.807) is 26.0 Å². The van der Waals surface area contributed by atoms with Crippen molar-refractivity contribution in [1.29, 1.82) is 0 Å². The molecule has 202 valence electrons. The van der Waals surface area contributed by atoms with Crippen LogP contribution in [0.2, 0.25) is 0 Å². The van der Waals surface area contributed by atoms with Crippen LogP contribution in [0.3, 0.4) is 0 Å². The van der Waals surface area contributed by atoms with E-state index in [0.717, 1.165) is 12.0 Å². The summed E-state index contributed by atoms with van der Waals surface area (Å²) in [4.78, 5) is 23.3. The second-order valence-corrected chi connectivity index (χ2v) is 10.7. The third-order valence-electron chi connectivity index (χ3n) is 7.02. The summed E-state index contributed by atoms with van der Waals surface area (Å²) in [5.41, 5.74) is 0.283. The van der Waals surface area contributed by atoms with Crippen LogP contribution >= 0.6 is 0 Å². The van der Waals surface area contributed by atoms with Gasteiger partial charge in [0.1, 0.15) is 23.9 Å². The number of ether oxygens (including phenoxy) is 4. The van der Waals surface area contributed by atoms with Crippen LogP contribution in [0, 0.1) is 5.92 Å². The summed E-state index contributed by atoms with van der Waals surface area (Å²) in [6.07, 6.45) is 8.33. The molecule has 3 saturated heterocycles. The molecule has 0 aromatic rings. The molecule has 3 aliphatic heterocycles. The van der Waals surface area contributed by atoms with E-state index in [9.17, 15) is 19.8 Å². The number of amides is 1. The van der Waals surface area contributed by atoms with E-state index >= 15 is 0 Å². The number of carbonyl (C=O) groups excluding carboxylic acids is 2. The fourth-order valence-corrected chi connectivity index (χ4v) is 4.95. The Morgan fingerprint density at radius 1 is 1.25 bits per heavy atom. The number of hydrogen-bond donors (Lipinski definition) is 3. The lowest BCUT2D eigenvalue weighted by Gasteiger charge is -2.40. The lowest BCUT2D eigenvalue weighted by molar-refractivity contribution is -0.272. The highest BCUT2D eigenvalue weighted by atomic mass is 16.7. The van der Waals surface area contributed by atoms with Crippen molar-refractivity contribution >= 4 is 11.9 Å². The number of esters is 1. The van der Waals surface area contributed by atoms with Gasteiger partial charge in [-0.1, -0.05) is 30.7 Å². The summed E-state index contributed by atoms with van der Waals surface area (Å²) >= 11 is 0. The maximum Gasteiger partial charge on any atom is 0.303 e. The molecular formula is C27H41NO8. The predicted octanol–water partition coefficient (Wildman–Crippen LogP) is 2.31. The molecule has 3 heterocycles. The molecule has 1 amide bonds. The minimum Gasteiger partial charge on any atom is -0.459 e. The predicted molar refractivity (Wildman–Crippen MR) is 133 cm³/mol. The Labute approximate surface area is 213 Å². The van der Waals surface area contributed by atoms with Crippen molar-refractivity contribution in [2.75, 3.05) is 6.61 Å². The Kier molecular flexibility index (Phi) is 9.16. The molecule has 1 unspecified atom stereocenters. The van der Waals surface area contributed by atoms with Crippen LogP contribution in [0.15, 0.2) is 36.0 Å². The van der Waals surface area contributed by atoms with E-state index in [1.165, 1.54) is 13.0 Å². The lowest BCUT2D eigenvalue weighted by Crippen LogP contribution is -2.54. The maximum absolute atomic E-state index is 12.3. The van der Waals surface area contributed by atoms with Crippen molar-refractivity contribution in [1.82, 2.24) is 5.32 Å². The van der Waals surface area contributed by atoms with Gasteiger partial charge in [-0.2, -0.15) is 0 Å². The zero-order chi connectivity index (χ0) is 26.7. The average Bonchev–Trinajstić information content (AvgIpc) is 3.54. The molecule has 9 heteroatoms. The second-order valence-electron chi connectivity index (χ2n) is 10.7. The summed E-state index contributed by atoms with van der Waals surface area (Å²) in [5.74, 6) is -1.75. The van der Waals surface area contributed by atoms with E-state index in [0.29, 0.717) is 13.0 Å². The Bertz CT molecular complexity index is 890. The molecule has 9 nitrogen and oxygen atoms in total. The minimum atomic E-state index is -1.34. The van der Waals surface area contributed by atoms with E-state index in [-0.39, 0.29) is 36.5 Å². The van der Waals surface area contributed by atoms with Gasteiger partial charge >= 0.3 is 5.97 Å². The summed E-state index contributed by atoms with van der Waals surface area (Å²) in [7, 11) is 0. The van der Waals surface area contributed by atoms with Crippen LogP contribution in [0.1, 0.15) is 60.8 Å². The van der Waals surface area contributed by atoms with Gasteiger partial charge in [-0.05, 0) is 52.5 Å². The fourth-order valence-electron chi connectivity index (χ4n) is 4.95. The first-order valence-electron chi connectivity index (χ1n) is 12.7. The smallest absolute Gasteiger partial charge is 0.303 e. The third kappa shape index (κ3) is 7.73. The quantitative estimate of drug-likeness (QED) is 0.198. The lowest BCUT2D eigenvalue weighted by atomic mass is 9.87. The molecule has 9 atom stereocenters. The van der Waals surface area contributed by atoms with Crippen LogP contribution in [0.5, 0.6) is 0 Å². The van der Waals surface area contributed by atoms with Crippen LogP contribution < -0.4 is 5.32 Å². The first-order chi connectivity index (χ1) is 16.8. The van der Waals surface area contributed by atoms with Crippen LogP contribution in [-0.4, -0.2) is 76.6 Å². The Balaban J connectivity index is 1.49. The Morgan fingerprint density at radius 2 is 1.94 bits per heavy atom. The Morgan fingerprint density at radius 3 is 2.58 bits per heavy atom. The number of epoxide rings is 1. The molecule has 3 N–H and O–H groups in total. The molecule has 1 spiro atoms. The van der Waals surface area contributed by atoms with E-state index in [2.05, 4.69) is 18.3 Å². The molecule has 3 rings (SSSR count). The van der Waals surface area contributed by atoms with Crippen molar-refractivity contribution in [3.8, 4) is 0 Å². The summed E-state index contributed by atoms with van der Waals surface area (Å²) in [5, 5.41) is 23.9. The summed E-state index contributed by atoms with van der Waals surface area (Å²) in [6, 6.07) is -0.114. The first-order valence-corrected chi connectivity index (χ1v) is 12.7. The molecule has 0 bridgehead atoms. The molecule has 3 aliphatic rings. The number of rotatable bonds is 8. The van der Waals surface area contributed by atoms with Crippen molar-refractivity contribution < 1.29 is 38.7 Å². The number of hydrogen-bond acceptors (Lipinski definition) is 8. The van der Waals surface area contributed by atoms with Crippen LogP contribution in [0.25, 0.3) is 0 Å². The van der Waals surface area contributed by atoms with Gasteiger partial charge in [0, 0.05) is 19.4 Å². The molecule has 3 fully saturated rings. The van der Waals surface area contributed by atoms with Gasteiger partial charge in [0.2, 0.25) is 5.91 Å². The SMILES string of the molecule is CC(=O)OC(C)/C=C\C(=O)N[C@@H]1C[C@H](C)[C@H](C/C=C(C)/C=C/[C@H]2O[C@](C)(O)C[C@@]3(CO3)[C@@H]2O)O[C@@H]1C. The normalized spacial score (nSPS) is 39.9. The molecule has 0 radical (unpaired) electrons. The van der Waals surface area contributed by atoms with Gasteiger partial charge in [0.15, 0.2) is 5.79 Å². The van der Waals surface area contributed by atoms with E-state index in [1.807, 2.05) is 19.9 Å². The minimum absolute atomic E-state index is 0.0106. The zero-order valence-electron chi connectivity index (χ0n) is 22.1. The summed E-state index contributed by atoms with van der Waals surface area (Å²) in [6.45, 7) is 11.1. The number of carbonyl (C=O) groups is 2. The van der Waals surface area contributed by atoms with Crippen LogP contribution in [0.4, 0.5) is 0 Å². The number of nitrogens with one attached hydrogen (secondary N) is 1. The topological polar surface area (TPSA) is 127 Å². The standard InChI is InChI=1S/C27H41NO8/c1-16(8-11-23-25(31)27(15-33-27)14-26(6,32)36-23)7-10-22-17(2)13-21(19(4)35-22)28-24(30)12-9-18(3)34-20(5)29/h7-9,11-12,17-19,21-23,25,31-32H,10,13-15H2,1-6H3,(H,28,30)/b11-8+,12-9-,16-7+/t17-,18?,19+,21+,22-,23+,25+,26-,27+/m0/s1. The number of aliphatic hydroxyl groups excluding tert-OH is 1. The molecule has 0 saturated carbocycles. The highest BCUT2D eigenvalue weighted by Crippen LogP contribution is 2.45. The van der Waals surface area contributed by atoms with Gasteiger partial charge in [-0.25, -0.2) is 0 Å². The van der Waals surface area contributed by atoms with Crippen molar-refractivity contribution in [3.63, 3.8) is 0 Å². The molecular weight excluding hydrogens is 466 g/mol. The number of allylic oxidation sites excluding steroid dienone is 2. The van der Waals surface area contributed by atoms with E-state index in [4.69, 9.17) is 18.9 Å². The van der Waals surface area contributed by atoms with Crippen molar-refractivity contribution in [2.24, 2.45) is 5.92 Å². The number of aliphatic hydroxyl groups is 2. The van der Waals surface area contributed by atoms with E-state index < -0.39 is 35.7 Å². The highest BCUT2D eigenvalue weighted by molar-refractivity contribution is 5.87. The first kappa shape index (κ1) is 28.5. The molecule has 0 aromatic heterocycles. The second kappa shape index (κ2) is 11.6. The van der Waals surface area contributed by atoms with Gasteiger partial charge in [-0.15, -0.1) is 0 Å². The third-order valence-corrected chi connectivity index (χ3v) is 7.02. The molecule has 0 aliphatic carbocycles. The Hall–Kier alpha value is -2.04. The largest absolute Gasteiger partial charge is 0.459 e. The van der Waals surface area contributed by atoms with Gasteiger partial charge < -0.3 is 34.5 Å². The maximum atomic E-state index is 12.3. The molecule has 36 heavy (non-hydrogen) atoms. The molecule has 0 aromatic carbocycles. The fraction of sp³-hybridized carbons (Fsp3) is 0.704. The highest BCUT2D eigenvalue weighted by Gasteiger charge is 2.61. The van der Waals surface area contributed by atoms with Gasteiger partial charge in [0.25, 0.3) is 0 Å². The van der Waals surface area contributed by atoms with Crippen LogP contribution in [-0.2, 0) is 28.5 Å².